The number of likely N-dealkylation sites (N-methyl/N-ethyl adjacent to an activating group) is 1. The van der Waals surface area contributed by atoms with E-state index in [0.29, 0.717) is 0 Å². The highest BCUT2D eigenvalue weighted by Gasteiger charge is 2.18. The SMILES string of the molecule is CCN(CC=Cc1ccccc1)CC(C)(C)CN. The van der Waals surface area contributed by atoms with Gasteiger partial charge < -0.3 is 5.73 Å². The fraction of sp³-hybridized carbons (Fsp3) is 0.500. The van der Waals surface area contributed by atoms with E-state index in [1.165, 1.54) is 5.56 Å². The van der Waals surface area contributed by atoms with E-state index in [-0.39, 0.29) is 5.41 Å². The second kappa shape index (κ2) is 7.34. The summed E-state index contributed by atoms with van der Waals surface area (Å²) in [6.07, 6.45) is 4.41. The molecule has 0 bridgehead atoms. The minimum atomic E-state index is 0.191. The summed E-state index contributed by atoms with van der Waals surface area (Å²) >= 11 is 0. The van der Waals surface area contributed by atoms with Crippen molar-refractivity contribution in [3.8, 4) is 0 Å². The van der Waals surface area contributed by atoms with Gasteiger partial charge in [0.2, 0.25) is 0 Å². The molecule has 0 aliphatic carbocycles. The van der Waals surface area contributed by atoms with E-state index in [1.807, 2.05) is 6.07 Å². The van der Waals surface area contributed by atoms with Gasteiger partial charge in [-0.2, -0.15) is 0 Å². The second-order valence-electron chi connectivity index (χ2n) is 5.51. The Balaban J connectivity index is 2.47. The Morgan fingerprint density at radius 3 is 2.44 bits per heavy atom. The zero-order valence-corrected chi connectivity index (χ0v) is 11.9. The quantitative estimate of drug-likeness (QED) is 0.801. The van der Waals surface area contributed by atoms with E-state index in [0.717, 1.165) is 26.2 Å². The van der Waals surface area contributed by atoms with Crippen LogP contribution in [-0.2, 0) is 0 Å². The van der Waals surface area contributed by atoms with E-state index in [4.69, 9.17) is 5.73 Å². The molecule has 0 spiro atoms. The molecule has 0 fully saturated rings. The van der Waals surface area contributed by atoms with E-state index in [2.05, 4.69) is 62.1 Å². The zero-order valence-electron chi connectivity index (χ0n) is 11.9. The minimum Gasteiger partial charge on any atom is -0.330 e. The van der Waals surface area contributed by atoms with Crippen molar-refractivity contribution in [3.05, 3.63) is 42.0 Å². The molecule has 0 aliphatic rings. The van der Waals surface area contributed by atoms with Crippen LogP contribution in [0.5, 0.6) is 0 Å². The molecule has 2 nitrogen and oxygen atoms in total. The molecule has 0 aliphatic heterocycles. The fourth-order valence-electron chi connectivity index (χ4n) is 1.88. The predicted octanol–water partition coefficient (Wildman–Crippen LogP) is 3.01. The Labute approximate surface area is 111 Å². The topological polar surface area (TPSA) is 29.3 Å². The average molecular weight is 246 g/mol. The summed E-state index contributed by atoms with van der Waals surface area (Å²) in [4.78, 5) is 2.42. The van der Waals surface area contributed by atoms with Crippen LogP contribution in [0.3, 0.4) is 0 Å². The molecule has 0 amide bonds. The van der Waals surface area contributed by atoms with Crippen molar-refractivity contribution in [2.24, 2.45) is 11.1 Å². The van der Waals surface area contributed by atoms with Gasteiger partial charge in [-0.1, -0.05) is 63.3 Å². The van der Waals surface area contributed by atoms with Crippen LogP contribution in [0.15, 0.2) is 36.4 Å². The fourth-order valence-corrected chi connectivity index (χ4v) is 1.88. The van der Waals surface area contributed by atoms with Crippen LogP contribution in [0.1, 0.15) is 26.3 Å². The molecule has 1 rings (SSSR count). The van der Waals surface area contributed by atoms with Crippen LogP contribution in [0.25, 0.3) is 6.08 Å². The standard InChI is InChI=1S/C16H26N2/c1-4-18(14-16(2,3)13-17)12-8-11-15-9-6-5-7-10-15/h5-11H,4,12-14,17H2,1-3H3. The monoisotopic (exact) mass is 246 g/mol. The first-order valence-corrected chi connectivity index (χ1v) is 6.71. The van der Waals surface area contributed by atoms with Gasteiger partial charge in [-0.05, 0) is 24.1 Å². The van der Waals surface area contributed by atoms with Gasteiger partial charge in [0, 0.05) is 13.1 Å². The van der Waals surface area contributed by atoms with Crippen molar-refractivity contribution >= 4 is 6.08 Å². The van der Waals surface area contributed by atoms with Crippen molar-refractivity contribution in [2.75, 3.05) is 26.2 Å². The first-order valence-electron chi connectivity index (χ1n) is 6.71. The van der Waals surface area contributed by atoms with E-state index in [1.54, 1.807) is 0 Å². The predicted molar refractivity (Wildman–Crippen MR) is 80.4 cm³/mol. The van der Waals surface area contributed by atoms with E-state index >= 15 is 0 Å². The molecular formula is C16H26N2. The zero-order chi connectivity index (χ0) is 13.4. The summed E-state index contributed by atoms with van der Waals surface area (Å²) in [5.41, 5.74) is 7.23. The highest BCUT2D eigenvalue weighted by molar-refractivity contribution is 5.48. The van der Waals surface area contributed by atoms with Gasteiger partial charge in [0.15, 0.2) is 0 Å². The number of hydrogen-bond donors (Lipinski definition) is 1. The first-order chi connectivity index (χ1) is 8.57. The summed E-state index contributed by atoms with van der Waals surface area (Å²) in [6.45, 7) is 10.4. The number of nitrogens with two attached hydrogens (primary N) is 1. The lowest BCUT2D eigenvalue weighted by Crippen LogP contribution is -2.38. The smallest absolute Gasteiger partial charge is 0.0166 e. The molecule has 18 heavy (non-hydrogen) atoms. The second-order valence-corrected chi connectivity index (χ2v) is 5.51. The van der Waals surface area contributed by atoms with E-state index in [9.17, 15) is 0 Å². The van der Waals surface area contributed by atoms with Crippen LogP contribution in [0.4, 0.5) is 0 Å². The third-order valence-electron chi connectivity index (χ3n) is 3.12. The summed E-state index contributed by atoms with van der Waals surface area (Å²) in [6, 6.07) is 10.4. The molecule has 2 N–H and O–H groups in total. The normalized spacial score (nSPS) is 12.5. The third kappa shape index (κ3) is 5.48. The maximum atomic E-state index is 5.78. The third-order valence-corrected chi connectivity index (χ3v) is 3.12. The summed E-state index contributed by atoms with van der Waals surface area (Å²) in [5, 5.41) is 0. The molecule has 1 aromatic rings. The molecule has 0 radical (unpaired) electrons. The van der Waals surface area contributed by atoms with Crippen molar-refractivity contribution in [3.63, 3.8) is 0 Å². The number of rotatable bonds is 7. The summed E-state index contributed by atoms with van der Waals surface area (Å²) in [5.74, 6) is 0. The molecular weight excluding hydrogens is 220 g/mol. The van der Waals surface area contributed by atoms with Crippen LogP contribution in [0, 0.1) is 5.41 Å². The average Bonchev–Trinajstić information content (AvgIpc) is 2.38. The van der Waals surface area contributed by atoms with Crippen molar-refractivity contribution < 1.29 is 0 Å². The Morgan fingerprint density at radius 1 is 1.22 bits per heavy atom. The minimum absolute atomic E-state index is 0.191. The molecule has 0 saturated carbocycles. The lowest BCUT2D eigenvalue weighted by Gasteiger charge is -2.30. The highest BCUT2D eigenvalue weighted by atomic mass is 15.1. The Kier molecular flexibility index (Phi) is 6.10. The van der Waals surface area contributed by atoms with Gasteiger partial charge in [-0.15, -0.1) is 0 Å². The van der Waals surface area contributed by atoms with Gasteiger partial charge >= 0.3 is 0 Å². The molecule has 100 valence electrons. The van der Waals surface area contributed by atoms with Gasteiger partial charge in [0.05, 0.1) is 0 Å². The van der Waals surface area contributed by atoms with Gasteiger partial charge in [0.1, 0.15) is 0 Å². The Morgan fingerprint density at radius 2 is 1.89 bits per heavy atom. The maximum Gasteiger partial charge on any atom is 0.0166 e. The van der Waals surface area contributed by atoms with E-state index < -0.39 is 0 Å². The number of nitrogens with zero attached hydrogens (tertiary/aromatic N) is 1. The van der Waals surface area contributed by atoms with Crippen LogP contribution < -0.4 is 5.73 Å². The molecule has 0 atom stereocenters. The maximum absolute atomic E-state index is 5.78. The number of benzene rings is 1. The molecule has 0 saturated heterocycles. The van der Waals surface area contributed by atoms with Gasteiger partial charge in [-0.25, -0.2) is 0 Å². The van der Waals surface area contributed by atoms with Crippen LogP contribution in [0.2, 0.25) is 0 Å². The lowest BCUT2D eigenvalue weighted by molar-refractivity contribution is 0.206. The van der Waals surface area contributed by atoms with Crippen molar-refractivity contribution in [1.82, 2.24) is 4.90 Å². The van der Waals surface area contributed by atoms with Crippen molar-refractivity contribution in [1.29, 1.82) is 0 Å². The van der Waals surface area contributed by atoms with Gasteiger partial charge in [0.25, 0.3) is 0 Å². The largest absolute Gasteiger partial charge is 0.330 e. The van der Waals surface area contributed by atoms with Crippen LogP contribution >= 0.6 is 0 Å². The summed E-state index contributed by atoms with van der Waals surface area (Å²) < 4.78 is 0. The highest BCUT2D eigenvalue weighted by Crippen LogP contribution is 2.14. The summed E-state index contributed by atoms with van der Waals surface area (Å²) in [7, 11) is 0. The first kappa shape index (κ1) is 14.9. The van der Waals surface area contributed by atoms with Crippen molar-refractivity contribution in [2.45, 2.75) is 20.8 Å². The molecule has 0 aromatic heterocycles. The number of hydrogen-bond acceptors (Lipinski definition) is 2. The molecule has 0 heterocycles. The molecule has 2 heteroatoms. The molecule has 0 unspecified atom stereocenters. The Bertz CT molecular complexity index is 355. The van der Waals surface area contributed by atoms with Crippen LogP contribution in [-0.4, -0.2) is 31.1 Å². The molecule has 1 aromatic carbocycles. The van der Waals surface area contributed by atoms with Gasteiger partial charge in [-0.3, -0.25) is 4.90 Å². The lowest BCUT2D eigenvalue weighted by atomic mass is 9.93. The Hall–Kier alpha value is -1.12.